The topological polar surface area (TPSA) is 135 Å². The second-order valence-corrected chi connectivity index (χ2v) is 5.45. The van der Waals surface area contributed by atoms with Gasteiger partial charge >= 0.3 is 5.97 Å². The Labute approximate surface area is 106 Å². The maximum absolute atomic E-state index is 11.9. The molecule has 0 bridgehead atoms. The molecule has 0 atom stereocenters. The second-order valence-electron chi connectivity index (χ2n) is 3.62. The first-order valence-electron chi connectivity index (χ1n) is 4.83. The number of aliphatic carboxylic acids is 1. The molecule has 1 heterocycles. The lowest BCUT2D eigenvalue weighted by Gasteiger charge is -2.11. The third kappa shape index (κ3) is 1.81. The van der Waals surface area contributed by atoms with Crippen LogP contribution in [0.1, 0.15) is 10.4 Å². The number of nitro groups is 1. The van der Waals surface area contributed by atoms with Gasteiger partial charge in [0.15, 0.2) is 0 Å². The van der Waals surface area contributed by atoms with Crippen LogP contribution >= 0.6 is 0 Å². The van der Waals surface area contributed by atoms with E-state index in [4.69, 9.17) is 5.11 Å². The average molecular weight is 286 g/mol. The Morgan fingerprint density at radius 3 is 2.58 bits per heavy atom. The van der Waals surface area contributed by atoms with Gasteiger partial charge in [-0.25, -0.2) is 12.7 Å². The molecule has 1 amide bonds. The van der Waals surface area contributed by atoms with E-state index < -0.39 is 49.5 Å². The molecule has 0 aliphatic carbocycles. The lowest BCUT2D eigenvalue weighted by Crippen LogP contribution is -2.34. The van der Waals surface area contributed by atoms with Gasteiger partial charge in [0.25, 0.3) is 21.6 Å². The third-order valence-electron chi connectivity index (χ3n) is 2.49. The molecule has 1 aliphatic rings. The predicted molar refractivity (Wildman–Crippen MR) is 59.0 cm³/mol. The van der Waals surface area contributed by atoms with Gasteiger partial charge in [-0.05, 0) is 6.07 Å². The number of nitrogens with zero attached hydrogens (tertiary/aromatic N) is 2. The van der Waals surface area contributed by atoms with Gasteiger partial charge in [-0.2, -0.15) is 0 Å². The molecule has 1 aromatic rings. The number of benzene rings is 1. The fourth-order valence-corrected chi connectivity index (χ4v) is 3.26. The number of carboxylic acids is 1. The summed E-state index contributed by atoms with van der Waals surface area (Å²) in [5, 5.41) is 19.4. The highest BCUT2D eigenvalue weighted by Crippen LogP contribution is 2.35. The van der Waals surface area contributed by atoms with Gasteiger partial charge in [-0.3, -0.25) is 19.7 Å². The van der Waals surface area contributed by atoms with Gasteiger partial charge in [0.1, 0.15) is 17.0 Å². The zero-order chi connectivity index (χ0) is 14.4. The Balaban J connectivity index is 2.70. The molecule has 0 saturated carbocycles. The molecule has 1 N–H and O–H groups in total. The van der Waals surface area contributed by atoms with Gasteiger partial charge in [-0.1, -0.05) is 6.07 Å². The summed E-state index contributed by atoms with van der Waals surface area (Å²) in [4.78, 5) is 31.7. The number of fused-ring (bicyclic) bond motifs is 1. The van der Waals surface area contributed by atoms with E-state index in [2.05, 4.69) is 0 Å². The molecule has 0 spiro atoms. The first-order valence-corrected chi connectivity index (χ1v) is 6.27. The molecule has 0 radical (unpaired) electrons. The number of nitro benzene ring substituents is 1. The van der Waals surface area contributed by atoms with Crippen LogP contribution in [0.5, 0.6) is 0 Å². The Morgan fingerprint density at radius 1 is 1.42 bits per heavy atom. The highest BCUT2D eigenvalue weighted by Gasteiger charge is 2.46. The number of carbonyl (C=O) groups excluding carboxylic acids is 1. The monoisotopic (exact) mass is 286 g/mol. The maximum atomic E-state index is 11.9. The molecule has 0 saturated heterocycles. The van der Waals surface area contributed by atoms with E-state index in [1.165, 1.54) is 0 Å². The molecule has 9 nitrogen and oxygen atoms in total. The standard InChI is InChI=1S/C9H6N2O7S/c12-7(13)4-10-9(14)8-5(11(15)16)2-1-3-6(8)19(10,17)18/h1-3H,4H2,(H,12,13). The smallest absolute Gasteiger partial charge is 0.324 e. The first-order chi connectivity index (χ1) is 8.76. The van der Waals surface area contributed by atoms with E-state index in [-0.39, 0.29) is 4.31 Å². The average Bonchev–Trinajstić information content (AvgIpc) is 2.50. The number of carboxylic acid groups (broad SMARTS) is 1. The number of sulfonamides is 1. The molecular weight excluding hydrogens is 280 g/mol. The van der Waals surface area contributed by atoms with Crippen LogP contribution in [-0.2, 0) is 14.8 Å². The number of hydrogen-bond donors (Lipinski definition) is 1. The Bertz CT molecular complexity index is 709. The summed E-state index contributed by atoms with van der Waals surface area (Å²) < 4.78 is 24.0. The van der Waals surface area contributed by atoms with Crippen LogP contribution in [0, 0.1) is 10.1 Å². The van der Waals surface area contributed by atoms with Crippen molar-refractivity contribution in [1.82, 2.24) is 4.31 Å². The van der Waals surface area contributed by atoms with E-state index in [1.54, 1.807) is 0 Å². The Morgan fingerprint density at radius 2 is 2.05 bits per heavy atom. The molecule has 1 aliphatic heterocycles. The van der Waals surface area contributed by atoms with Gasteiger partial charge in [0.2, 0.25) is 0 Å². The molecule has 0 fully saturated rings. The molecule has 1 aromatic carbocycles. The molecule has 0 aromatic heterocycles. The highest BCUT2D eigenvalue weighted by atomic mass is 32.2. The summed E-state index contributed by atoms with van der Waals surface area (Å²) in [7, 11) is -4.35. The zero-order valence-electron chi connectivity index (χ0n) is 9.14. The number of hydrogen-bond acceptors (Lipinski definition) is 6. The van der Waals surface area contributed by atoms with Crippen LogP contribution in [-0.4, -0.2) is 41.2 Å². The van der Waals surface area contributed by atoms with Gasteiger partial charge in [0, 0.05) is 6.07 Å². The van der Waals surface area contributed by atoms with Crippen molar-refractivity contribution in [3.8, 4) is 0 Å². The normalized spacial score (nSPS) is 16.2. The van der Waals surface area contributed by atoms with Crippen molar-refractivity contribution in [3.63, 3.8) is 0 Å². The van der Waals surface area contributed by atoms with E-state index in [0.29, 0.717) is 0 Å². The van der Waals surface area contributed by atoms with E-state index in [1.807, 2.05) is 0 Å². The summed E-state index contributed by atoms with van der Waals surface area (Å²) in [6.07, 6.45) is 0. The quantitative estimate of drug-likeness (QED) is 0.601. The van der Waals surface area contributed by atoms with E-state index >= 15 is 0 Å². The Kier molecular flexibility index (Phi) is 2.74. The number of rotatable bonds is 3. The fraction of sp³-hybridized carbons (Fsp3) is 0.111. The third-order valence-corrected chi connectivity index (χ3v) is 4.26. The second kappa shape index (κ2) is 4.02. The van der Waals surface area contributed by atoms with Crippen LogP contribution < -0.4 is 0 Å². The van der Waals surface area contributed by atoms with Crippen molar-refractivity contribution in [1.29, 1.82) is 0 Å². The van der Waals surface area contributed by atoms with Crippen LogP contribution in [0.3, 0.4) is 0 Å². The number of amides is 1. The van der Waals surface area contributed by atoms with Crippen LogP contribution in [0.4, 0.5) is 5.69 Å². The zero-order valence-corrected chi connectivity index (χ0v) is 9.96. The lowest BCUT2D eigenvalue weighted by molar-refractivity contribution is -0.385. The van der Waals surface area contributed by atoms with Crippen molar-refractivity contribution >= 4 is 27.6 Å². The van der Waals surface area contributed by atoms with Crippen molar-refractivity contribution in [3.05, 3.63) is 33.9 Å². The Hall–Kier alpha value is -2.49. The summed E-state index contributed by atoms with van der Waals surface area (Å²) in [6.45, 7) is -1.08. The SMILES string of the molecule is O=C(O)CN1C(=O)c2c([N+](=O)[O-])cccc2S1(=O)=O. The summed E-state index contributed by atoms with van der Waals surface area (Å²) in [5.41, 5.74) is -1.27. The minimum Gasteiger partial charge on any atom is -0.480 e. The van der Waals surface area contributed by atoms with Crippen LogP contribution in [0.25, 0.3) is 0 Å². The summed E-state index contributed by atoms with van der Waals surface area (Å²) in [6, 6.07) is 3.13. The predicted octanol–water partition coefficient (Wildman–Crippen LogP) is -0.176. The van der Waals surface area contributed by atoms with Crippen molar-refractivity contribution in [2.45, 2.75) is 4.90 Å². The highest BCUT2D eigenvalue weighted by molar-refractivity contribution is 7.90. The molecule has 10 heteroatoms. The molecular formula is C9H6N2O7S. The maximum Gasteiger partial charge on any atom is 0.324 e. The van der Waals surface area contributed by atoms with Crippen LogP contribution in [0.2, 0.25) is 0 Å². The number of carbonyl (C=O) groups is 2. The fourth-order valence-electron chi connectivity index (χ4n) is 1.73. The molecule has 0 unspecified atom stereocenters. The van der Waals surface area contributed by atoms with Gasteiger partial charge < -0.3 is 5.11 Å². The minimum absolute atomic E-state index is 0.104. The molecule has 100 valence electrons. The van der Waals surface area contributed by atoms with Crippen molar-refractivity contribution < 1.29 is 28.0 Å². The lowest BCUT2D eigenvalue weighted by atomic mass is 10.1. The minimum atomic E-state index is -4.35. The first kappa shape index (κ1) is 13.0. The van der Waals surface area contributed by atoms with Crippen molar-refractivity contribution in [2.75, 3.05) is 6.54 Å². The molecule has 2 rings (SSSR count). The van der Waals surface area contributed by atoms with E-state index in [0.717, 1.165) is 18.2 Å². The molecule has 19 heavy (non-hydrogen) atoms. The van der Waals surface area contributed by atoms with E-state index in [9.17, 15) is 28.1 Å². The largest absolute Gasteiger partial charge is 0.480 e. The van der Waals surface area contributed by atoms with Gasteiger partial charge in [0.05, 0.1) is 4.92 Å². The summed E-state index contributed by atoms with van der Waals surface area (Å²) >= 11 is 0. The van der Waals surface area contributed by atoms with Gasteiger partial charge in [-0.15, -0.1) is 0 Å². The summed E-state index contributed by atoms with van der Waals surface area (Å²) in [5.74, 6) is -2.74. The van der Waals surface area contributed by atoms with Crippen LogP contribution in [0.15, 0.2) is 23.1 Å². The van der Waals surface area contributed by atoms with Crippen molar-refractivity contribution in [2.24, 2.45) is 0 Å².